The molecule has 1 saturated heterocycles. The van der Waals surface area contributed by atoms with Gasteiger partial charge in [0.1, 0.15) is 17.3 Å². The summed E-state index contributed by atoms with van der Waals surface area (Å²) >= 11 is 0. The summed E-state index contributed by atoms with van der Waals surface area (Å²) in [6.45, 7) is 4.41. The number of amides is 1. The highest BCUT2D eigenvalue weighted by Crippen LogP contribution is 2.27. The number of nitrogens with zero attached hydrogens (tertiary/aromatic N) is 1. The van der Waals surface area contributed by atoms with Crippen LogP contribution in [-0.2, 0) is 14.8 Å². The Kier molecular flexibility index (Phi) is 6.33. The lowest BCUT2D eigenvalue weighted by atomic mass is 9.97. The van der Waals surface area contributed by atoms with Crippen molar-refractivity contribution in [2.75, 3.05) is 18.4 Å². The number of piperidine rings is 1. The molecule has 156 valence electrons. The first-order chi connectivity index (χ1) is 13.7. The maximum Gasteiger partial charge on any atom is 0.243 e. The van der Waals surface area contributed by atoms with Crippen LogP contribution >= 0.6 is 0 Å². The molecule has 1 fully saturated rings. The fraction of sp³-hybridized carbons (Fsp3) is 0.381. The number of hydrogen-bond donors (Lipinski definition) is 1. The first kappa shape index (κ1) is 21.4. The number of nitrogens with one attached hydrogen (secondary N) is 1. The van der Waals surface area contributed by atoms with Gasteiger partial charge in [-0.1, -0.05) is 32.0 Å². The van der Waals surface area contributed by atoms with Gasteiger partial charge in [0.15, 0.2) is 0 Å². The van der Waals surface area contributed by atoms with Gasteiger partial charge in [0, 0.05) is 19.0 Å². The molecule has 1 aliphatic heterocycles. The zero-order valence-corrected chi connectivity index (χ0v) is 17.2. The van der Waals surface area contributed by atoms with Crippen molar-refractivity contribution in [3.63, 3.8) is 0 Å². The second-order valence-electron chi connectivity index (χ2n) is 7.49. The summed E-state index contributed by atoms with van der Waals surface area (Å²) in [5, 5.41) is 2.29. The smallest absolute Gasteiger partial charge is 0.243 e. The number of carbonyl (C=O) groups is 1. The molecule has 0 spiro atoms. The SMILES string of the molecule is CC(C)c1ccc(S(=O)(=O)N2CCC(C(=O)Nc3c(F)cccc3F)CC2)cc1. The van der Waals surface area contributed by atoms with Crippen LogP contribution in [0.5, 0.6) is 0 Å². The molecule has 1 N–H and O–H groups in total. The van der Waals surface area contributed by atoms with Gasteiger partial charge in [-0.05, 0) is 48.6 Å². The highest BCUT2D eigenvalue weighted by molar-refractivity contribution is 7.89. The summed E-state index contributed by atoms with van der Waals surface area (Å²) in [5.41, 5.74) is 0.581. The average Bonchev–Trinajstić information content (AvgIpc) is 2.71. The van der Waals surface area contributed by atoms with E-state index in [-0.39, 0.29) is 30.8 Å². The average molecular weight is 422 g/mol. The van der Waals surface area contributed by atoms with Crippen LogP contribution in [0.15, 0.2) is 47.4 Å². The van der Waals surface area contributed by atoms with E-state index in [0.717, 1.165) is 17.7 Å². The van der Waals surface area contributed by atoms with Crippen LogP contribution in [0, 0.1) is 17.6 Å². The largest absolute Gasteiger partial charge is 0.321 e. The first-order valence-corrected chi connectivity index (χ1v) is 11.0. The van der Waals surface area contributed by atoms with E-state index in [1.165, 1.54) is 10.4 Å². The van der Waals surface area contributed by atoms with Gasteiger partial charge in [-0.2, -0.15) is 4.31 Å². The molecule has 0 atom stereocenters. The number of halogens is 2. The molecule has 0 radical (unpaired) electrons. The maximum atomic E-state index is 13.7. The first-order valence-electron chi connectivity index (χ1n) is 9.55. The third kappa shape index (κ3) is 4.64. The minimum atomic E-state index is -3.64. The van der Waals surface area contributed by atoms with E-state index in [2.05, 4.69) is 5.32 Å². The van der Waals surface area contributed by atoms with Crippen LogP contribution in [0.3, 0.4) is 0 Å². The third-order valence-corrected chi connectivity index (χ3v) is 7.13. The molecule has 1 aliphatic rings. The molecule has 3 rings (SSSR count). The second-order valence-corrected chi connectivity index (χ2v) is 9.43. The molecule has 8 heteroatoms. The van der Waals surface area contributed by atoms with Gasteiger partial charge in [0.2, 0.25) is 15.9 Å². The van der Waals surface area contributed by atoms with Crippen LogP contribution in [-0.4, -0.2) is 31.7 Å². The number of rotatable bonds is 5. The molecule has 0 aliphatic carbocycles. The number of para-hydroxylation sites is 1. The van der Waals surface area contributed by atoms with Gasteiger partial charge in [-0.15, -0.1) is 0 Å². The minimum absolute atomic E-state index is 0.173. The topological polar surface area (TPSA) is 66.5 Å². The monoisotopic (exact) mass is 422 g/mol. The summed E-state index contributed by atoms with van der Waals surface area (Å²) in [5.74, 6) is -2.40. The van der Waals surface area contributed by atoms with Gasteiger partial charge in [-0.3, -0.25) is 4.79 Å². The van der Waals surface area contributed by atoms with Crippen molar-refractivity contribution in [2.24, 2.45) is 5.92 Å². The molecule has 1 heterocycles. The number of benzene rings is 2. The fourth-order valence-electron chi connectivity index (χ4n) is 3.37. The summed E-state index contributed by atoms with van der Waals surface area (Å²) in [7, 11) is -3.64. The van der Waals surface area contributed by atoms with E-state index in [0.29, 0.717) is 5.92 Å². The van der Waals surface area contributed by atoms with E-state index in [4.69, 9.17) is 0 Å². The summed E-state index contributed by atoms with van der Waals surface area (Å²) in [4.78, 5) is 12.6. The van der Waals surface area contributed by atoms with Crippen LogP contribution in [0.25, 0.3) is 0 Å². The Bertz CT molecular complexity index is 963. The van der Waals surface area contributed by atoms with Crippen LogP contribution < -0.4 is 5.32 Å². The Morgan fingerprint density at radius 2 is 1.59 bits per heavy atom. The molecule has 0 aromatic heterocycles. The van der Waals surface area contributed by atoms with Gasteiger partial charge >= 0.3 is 0 Å². The Morgan fingerprint density at radius 3 is 2.10 bits per heavy atom. The van der Waals surface area contributed by atoms with E-state index in [9.17, 15) is 22.0 Å². The molecule has 0 bridgehead atoms. The molecular weight excluding hydrogens is 398 g/mol. The lowest BCUT2D eigenvalue weighted by molar-refractivity contribution is -0.121. The Balaban J connectivity index is 1.64. The molecule has 0 saturated carbocycles. The van der Waals surface area contributed by atoms with Crippen molar-refractivity contribution < 1.29 is 22.0 Å². The molecule has 2 aromatic carbocycles. The molecule has 0 unspecified atom stereocenters. The molecule has 5 nitrogen and oxygen atoms in total. The number of anilines is 1. The zero-order chi connectivity index (χ0) is 21.2. The van der Waals surface area contributed by atoms with Crippen molar-refractivity contribution >= 4 is 21.6 Å². The molecule has 1 amide bonds. The maximum absolute atomic E-state index is 13.7. The normalized spacial score (nSPS) is 16.2. The Labute approximate surface area is 169 Å². The Hall–Kier alpha value is -2.32. The third-order valence-electron chi connectivity index (χ3n) is 5.22. The minimum Gasteiger partial charge on any atom is -0.321 e. The second kappa shape index (κ2) is 8.59. The standard InChI is InChI=1S/C21H24F2N2O3S/c1-14(2)15-6-8-17(9-7-15)29(27,28)25-12-10-16(11-13-25)21(26)24-20-18(22)4-3-5-19(20)23/h3-9,14,16H,10-13H2,1-2H3,(H,24,26). The van der Waals surface area contributed by atoms with Crippen molar-refractivity contribution in [1.29, 1.82) is 0 Å². The summed E-state index contributed by atoms with van der Waals surface area (Å²) < 4.78 is 54.5. The van der Waals surface area contributed by atoms with E-state index in [1.54, 1.807) is 24.3 Å². The zero-order valence-electron chi connectivity index (χ0n) is 16.4. The van der Waals surface area contributed by atoms with Crippen molar-refractivity contribution in [3.8, 4) is 0 Å². The quantitative estimate of drug-likeness (QED) is 0.788. The predicted molar refractivity (Wildman–Crippen MR) is 107 cm³/mol. The fourth-order valence-corrected chi connectivity index (χ4v) is 4.84. The number of carbonyl (C=O) groups excluding carboxylic acids is 1. The molecular formula is C21H24F2N2O3S. The van der Waals surface area contributed by atoms with Crippen LogP contribution in [0.4, 0.5) is 14.5 Å². The van der Waals surface area contributed by atoms with E-state index >= 15 is 0 Å². The number of hydrogen-bond acceptors (Lipinski definition) is 3. The summed E-state index contributed by atoms with van der Waals surface area (Å²) in [6, 6.07) is 10.2. The lowest BCUT2D eigenvalue weighted by Gasteiger charge is -2.30. The van der Waals surface area contributed by atoms with E-state index < -0.39 is 39.2 Å². The van der Waals surface area contributed by atoms with E-state index in [1.807, 2.05) is 13.8 Å². The van der Waals surface area contributed by atoms with Gasteiger partial charge < -0.3 is 5.32 Å². The van der Waals surface area contributed by atoms with Crippen LogP contribution in [0.2, 0.25) is 0 Å². The Morgan fingerprint density at radius 1 is 1.03 bits per heavy atom. The van der Waals surface area contributed by atoms with Crippen LogP contribution in [0.1, 0.15) is 38.2 Å². The highest BCUT2D eigenvalue weighted by Gasteiger charge is 2.32. The highest BCUT2D eigenvalue weighted by atomic mass is 32.2. The van der Waals surface area contributed by atoms with Crippen molar-refractivity contribution in [1.82, 2.24) is 4.31 Å². The van der Waals surface area contributed by atoms with Gasteiger partial charge in [-0.25, -0.2) is 17.2 Å². The van der Waals surface area contributed by atoms with Gasteiger partial charge in [0.05, 0.1) is 4.90 Å². The predicted octanol–water partition coefficient (Wildman–Crippen LogP) is 4.13. The molecule has 2 aromatic rings. The summed E-state index contributed by atoms with van der Waals surface area (Å²) in [6.07, 6.45) is 0.566. The molecule has 29 heavy (non-hydrogen) atoms. The van der Waals surface area contributed by atoms with Gasteiger partial charge in [0.25, 0.3) is 0 Å². The number of sulfonamides is 1. The lowest BCUT2D eigenvalue weighted by Crippen LogP contribution is -2.41. The van der Waals surface area contributed by atoms with Crippen molar-refractivity contribution in [3.05, 3.63) is 59.7 Å². The van der Waals surface area contributed by atoms with Crippen molar-refractivity contribution in [2.45, 2.75) is 37.5 Å².